The molecule has 1 amide bonds. The summed E-state index contributed by atoms with van der Waals surface area (Å²) in [5, 5.41) is 9.16. The van der Waals surface area contributed by atoms with E-state index in [2.05, 4.69) is 0 Å². The maximum atomic E-state index is 13.8. The molecule has 0 bridgehead atoms. The van der Waals surface area contributed by atoms with Gasteiger partial charge in [0, 0.05) is 13.2 Å². The van der Waals surface area contributed by atoms with Gasteiger partial charge in [0.25, 0.3) is 5.91 Å². The molecule has 1 heterocycles. The summed E-state index contributed by atoms with van der Waals surface area (Å²) in [6.45, 7) is 2.51. The number of benzene rings is 3. The molecule has 37 heavy (non-hydrogen) atoms. The molecular weight excluding hydrogens is 497 g/mol. The van der Waals surface area contributed by atoms with E-state index in [-0.39, 0.29) is 36.8 Å². The van der Waals surface area contributed by atoms with E-state index in [0.29, 0.717) is 12.4 Å². The number of aryl methyl sites for hydroxylation is 2. The van der Waals surface area contributed by atoms with E-state index in [1.54, 1.807) is 12.1 Å². The topological polar surface area (TPSA) is 102 Å². The summed E-state index contributed by atoms with van der Waals surface area (Å²) in [7, 11) is -4.08. The Morgan fingerprint density at radius 1 is 1.05 bits per heavy atom. The van der Waals surface area contributed by atoms with Gasteiger partial charge in [-0.2, -0.15) is 0 Å². The maximum Gasteiger partial charge on any atom is 0.265 e. The lowest BCUT2D eigenvalue weighted by atomic mass is 9.98. The van der Waals surface area contributed by atoms with Crippen molar-refractivity contribution in [3.8, 4) is 16.9 Å². The molecule has 0 spiro atoms. The zero-order chi connectivity index (χ0) is 26.5. The lowest BCUT2D eigenvalue weighted by Gasteiger charge is -2.34. The van der Waals surface area contributed by atoms with Gasteiger partial charge >= 0.3 is 0 Å². The lowest BCUT2D eigenvalue weighted by Crippen LogP contribution is -2.54. The van der Waals surface area contributed by atoms with Gasteiger partial charge in [-0.1, -0.05) is 30.3 Å². The zero-order valence-electron chi connectivity index (χ0n) is 20.6. The minimum Gasteiger partial charge on any atom is -0.494 e. The highest BCUT2D eigenvalue weighted by atomic mass is 32.2. The molecule has 3 aromatic rings. The van der Waals surface area contributed by atoms with Crippen LogP contribution in [0.1, 0.15) is 30.4 Å². The Morgan fingerprint density at radius 2 is 1.78 bits per heavy atom. The number of ether oxygens (including phenoxy) is 2. The maximum absolute atomic E-state index is 13.8. The van der Waals surface area contributed by atoms with Gasteiger partial charge in [-0.15, -0.1) is 0 Å². The summed E-state index contributed by atoms with van der Waals surface area (Å²) >= 11 is 0. The van der Waals surface area contributed by atoms with Crippen molar-refractivity contribution in [1.82, 2.24) is 5.48 Å². The van der Waals surface area contributed by atoms with Crippen LogP contribution in [-0.4, -0.2) is 44.1 Å². The van der Waals surface area contributed by atoms with E-state index in [9.17, 15) is 17.6 Å². The van der Waals surface area contributed by atoms with Gasteiger partial charge < -0.3 is 9.47 Å². The first-order valence-corrected chi connectivity index (χ1v) is 13.6. The summed E-state index contributed by atoms with van der Waals surface area (Å²) in [6, 6.07) is 18.9. The molecule has 1 aliphatic heterocycles. The number of carbonyl (C=O) groups excluding carboxylic acids is 1. The van der Waals surface area contributed by atoms with Crippen LogP contribution in [0.2, 0.25) is 0 Å². The standard InChI is InChI=1S/C28H30FNO6S/c1-20-16-23(19-24(29)17-20)22-6-2-4-21(18-22)5-3-13-36-25-7-9-26(10-8-25)37(33,34)28(27(31)30-32)11-14-35-15-12-28/h2,4,6-10,16-19,32H,3,5,11-15H2,1H3,(H,30,31). The number of hydroxylamine groups is 1. The van der Waals surface area contributed by atoms with E-state index in [1.807, 2.05) is 37.3 Å². The van der Waals surface area contributed by atoms with Crippen LogP contribution in [0.3, 0.4) is 0 Å². The van der Waals surface area contributed by atoms with Crippen LogP contribution in [0.4, 0.5) is 4.39 Å². The summed E-state index contributed by atoms with van der Waals surface area (Å²) in [5.74, 6) is -0.699. The highest BCUT2D eigenvalue weighted by molar-refractivity contribution is 7.93. The lowest BCUT2D eigenvalue weighted by molar-refractivity contribution is -0.134. The molecule has 0 radical (unpaired) electrons. The van der Waals surface area contributed by atoms with Crippen molar-refractivity contribution in [2.45, 2.75) is 42.2 Å². The van der Waals surface area contributed by atoms with Crippen LogP contribution in [0.25, 0.3) is 11.1 Å². The van der Waals surface area contributed by atoms with Gasteiger partial charge in [0.2, 0.25) is 0 Å². The average molecular weight is 528 g/mol. The molecule has 0 atom stereocenters. The van der Waals surface area contributed by atoms with Crippen molar-refractivity contribution < 1.29 is 32.3 Å². The van der Waals surface area contributed by atoms with Gasteiger partial charge in [-0.05, 0) is 91.3 Å². The summed E-state index contributed by atoms with van der Waals surface area (Å²) in [4.78, 5) is 12.3. The molecule has 0 aliphatic carbocycles. The Kier molecular flexibility index (Phi) is 8.26. The first kappa shape index (κ1) is 26.8. The third-order valence-corrected chi connectivity index (χ3v) is 9.16. The van der Waals surface area contributed by atoms with Gasteiger partial charge in [0.05, 0.1) is 11.5 Å². The molecule has 3 aromatic carbocycles. The fourth-order valence-corrected chi connectivity index (χ4v) is 6.58. The molecule has 2 N–H and O–H groups in total. The summed E-state index contributed by atoms with van der Waals surface area (Å²) in [5.41, 5.74) is 5.28. The minimum absolute atomic E-state index is 0.0187. The Hall–Kier alpha value is -3.27. The van der Waals surface area contributed by atoms with Crippen molar-refractivity contribution in [2.75, 3.05) is 19.8 Å². The van der Waals surface area contributed by atoms with Gasteiger partial charge in [-0.25, -0.2) is 18.3 Å². The fraction of sp³-hybridized carbons (Fsp3) is 0.321. The Bertz CT molecular complexity index is 1330. The van der Waals surface area contributed by atoms with Gasteiger partial charge in [0.1, 0.15) is 11.6 Å². The second-order valence-electron chi connectivity index (χ2n) is 9.19. The number of hydrogen-bond acceptors (Lipinski definition) is 6. The Labute approximate surface area is 216 Å². The fourth-order valence-electron chi connectivity index (χ4n) is 4.64. The number of carbonyl (C=O) groups is 1. The number of halogens is 1. The first-order valence-electron chi connectivity index (χ1n) is 12.1. The molecule has 4 rings (SSSR count). The third-order valence-electron chi connectivity index (χ3n) is 6.65. The molecule has 1 aliphatic rings. The normalized spacial score (nSPS) is 15.2. The Balaban J connectivity index is 1.36. The SMILES string of the molecule is Cc1cc(F)cc(-c2cccc(CCCOc3ccc(S(=O)(=O)C4(C(=O)NO)CCOCC4)cc3)c2)c1. The first-order chi connectivity index (χ1) is 17.7. The number of sulfone groups is 1. The van der Waals surface area contributed by atoms with Crippen LogP contribution >= 0.6 is 0 Å². The van der Waals surface area contributed by atoms with E-state index in [0.717, 1.165) is 35.1 Å². The monoisotopic (exact) mass is 527 g/mol. The van der Waals surface area contributed by atoms with E-state index in [4.69, 9.17) is 14.7 Å². The van der Waals surface area contributed by atoms with E-state index in [1.165, 1.54) is 29.7 Å². The number of hydrogen-bond donors (Lipinski definition) is 2. The average Bonchev–Trinajstić information content (AvgIpc) is 2.91. The predicted octanol–water partition coefficient (Wildman–Crippen LogP) is 4.64. The smallest absolute Gasteiger partial charge is 0.265 e. The molecule has 0 unspecified atom stereocenters. The van der Waals surface area contributed by atoms with Crippen molar-refractivity contribution >= 4 is 15.7 Å². The van der Waals surface area contributed by atoms with Crippen molar-refractivity contribution in [3.63, 3.8) is 0 Å². The van der Waals surface area contributed by atoms with Crippen molar-refractivity contribution in [3.05, 3.63) is 83.7 Å². The number of amides is 1. The zero-order valence-corrected chi connectivity index (χ0v) is 21.4. The van der Waals surface area contributed by atoms with Gasteiger partial charge in [0.15, 0.2) is 14.6 Å². The van der Waals surface area contributed by atoms with E-state index < -0.39 is 20.5 Å². The summed E-state index contributed by atoms with van der Waals surface area (Å²) in [6.07, 6.45) is 1.40. The largest absolute Gasteiger partial charge is 0.494 e. The Morgan fingerprint density at radius 3 is 2.46 bits per heavy atom. The van der Waals surface area contributed by atoms with Crippen LogP contribution in [0.15, 0.2) is 71.6 Å². The van der Waals surface area contributed by atoms with Crippen molar-refractivity contribution in [2.24, 2.45) is 0 Å². The molecule has 196 valence electrons. The second-order valence-corrected chi connectivity index (χ2v) is 11.5. The molecule has 0 saturated carbocycles. The third kappa shape index (κ3) is 5.84. The highest BCUT2D eigenvalue weighted by Crippen LogP contribution is 2.35. The van der Waals surface area contributed by atoms with Crippen LogP contribution in [0, 0.1) is 12.7 Å². The highest BCUT2D eigenvalue weighted by Gasteiger charge is 2.52. The minimum atomic E-state index is -4.08. The van der Waals surface area contributed by atoms with Gasteiger partial charge in [-0.3, -0.25) is 10.0 Å². The molecule has 7 nitrogen and oxygen atoms in total. The van der Waals surface area contributed by atoms with Crippen LogP contribution in [-0.2, 0) is 25.8 Å². The summed E-state index contributed by atoms with van der Waals surface area (Å²) < 4.78 is 49.7. The van der Waals surface area contributed by atoms with Crippen LogP contribution in [0.5, 0.6) is 5.75 Å². The number of rotatable bonds is 9. The van der Waals surface area contributed by atoms with E-state index >= 15 is 0 Å². The quantitative estimate of drug-likeness (QED) is 0.239. The van der Waals surface area contributed by atoms with Crippen LogP contribution < -0.4 is 10.2 Å². The molecular formula is C28H30FNO6S. The molecule has 1 fully saturated rings. The molecule has 1 saturated heterocycles. The second kappa shape index (κ2) is 11.4. The molecule has 9 heteroatoms. The number of nitrogens with one attached hydrogen (secondary N) is 1. The predicted molar refractivity (Wildman–Crippen MR) is 137 cm³/mol. The molecule has 0 aromatic heterocycles. The van der Waals surface area contributed by atoms with Crippen molar-refractivity contribution in [1.29, 1.82) is 0 Å².